The quantitative estimate of drug-likeness (QED) is 0.663. The van der Waals surface area contributed by atoms with Crippen LogP contribution in [-0.2, 0) is 0 Å². The predicted octanol–water partition coefficient (Wildman–Crippen LogP) is -1.97. The number of aromatic carboxylic acids is 1. The molecule has 23 heavy (non-hydrogen) atoms. The van der Waals surface area contributed by atoms with Gasteiger partial charge in [-0.3, -0.25) is 9.36 Å². The van der Waals surface area contributed by atoms with Crippen LogP contribution < -0.4 is 45.5 Å². The molecule has 0 saturated carbocycles. The molecule has 1 unspecified atom stereocenters. The zero-order valence-electron chi connectivity index (χ0n) is 12.9. The van der Waals surface area contributed by atoms with Crippen LogP contribution in [0.3, 0.4) is 0 Å². The third-order valence-electron chi connectivity index (χ3n) is 3.61. The molecule has 1 aromatic carbocycles. The minimum atomic E-state index is -1.51. The van der Waals surface area contributed by atoms with E-state index in [0.29, 0.717) is 17.9 Å². The van der Waals surface area contributed by atoms with Crippen molar-refractivity contribution in [1.82, 2.24) is 9.55 Å². The monoisotopic (exact) mass is 319 g/mol. The summed E-state index contributed by atoms with van der Waals surface area (Å²) in [5, 5.41) is 14.2. The first-order chi connectivity index (χ1) is 10.6. The number of carbonyl (C=O) groups is 1. The van der Waals surface area contributed by atoms with Gasteiger partial charge < -0.3 is 15.2 Å². The van der Waals surface area contributed by atoms with Crippen LogP contribution in [0.5, 0.6) is 0 Å². The molecule has 1 aliphatic rings. The molecule has 0 amide bonds. The normalized spacial score (nSPS) is 15.9. The van der Waals surface area contributed by atoms with Crippen molar-refractivity contribution >= 4 is 17.4 Å². The Morgan fingerprint density at radius 2 is 2.04 bits per heavy atom. The predicted molar refractivity (Wildman–Crippen MR) is 80.2 cm³/mol. The molecule has 1 aromatic heterocycles. The molecule has 0 aliphatic carbocycles. The summed E-state index contributed by atoms with van der Waals surface area (Å²) >= 11 is 0. The van der Waals surface area contributed by atoms with Crippen LogP contribution in [0.2, 0.25) is 0 Å². The Balaban J connectivity index is 0.00000192. The Kier molecular flexibility index (Phi) is 5.41. The summed E-state index contributed by atoms with van der Waals surface area (Å²) in [4.78, 5) is 27.4. The summed E-state index contributed by atoms with van der Waals surface area (Å²) in [6, 6.07) is 9.34. The van der Waals surface area contributed by atoms with Gasteiger partial charge in [-0.2, -0.15) is 0 Å². The molecule has 0 bridgehead atoms. The van der Waals surface area contributed by atoms with Crippen molar-refractivity contribution in [1.29, 1.82) is 0 Å². The number of allylic oxidation sites excluding steroid dienone is 1. The number of nitrogens with one attached hydrogen (secondary N) is 1. The minimum Gasteiger partial charge on any atom is -0.545 e. The zero-order chi connectivity index (χ0) is 15.7. The zero-order valence-corrected chi connectivity index (χ0v) is 14.9. The molecule has 1 atom stereocenters. The van der Waals surface area contributed by atoms with Crippen LogP contribution >= 0.6 is 0 Å². The van der Waals surface area contributed by atoms with Gasteiger partial charge in [-0.25, -0.2) is 4.98 Å². The van der Waals surface area contributed by atoms with Crippen molar-refractivity contribution in [2.24, 2.45) is 0 Å². The fourth-order valence-corrected chi connectivity index (χ4v) is 2.49. The SMILES string of the molecule is CC1CC=C(Nc2ccccc2)c2ncc(C(=O)[O-])c(=O)n21.[Na+]. The molecule has 112 valence electrons. The maximum absolute atomic E-state index is 12.3. The van der Waals surface area contributed by atoms with Crippen molar-refractivity contribution in [2.45, 2.75) is 19.4 Å². The van der Waals surface area contributed by atoms with E-state index in [9.17, 15) is 14.7 Å². The van der Waals surface area contributed by atoms with E-state index in [-0.39, 0.29) is 35.6 Å². The van der Waals surface area contributed by atoms with Gasteiger partial charge in [0.2, 0.25) is 0 Å². The molecular formula is C16H14N3NaO3. The molecule has 1 aliphatic heterocycles. The molecule has 7 heteroatoms. The third kappa shape index (κ3) is 3.39. The molecule has 6 nitrogen and oxygen atoms in total. The number of para-hydroxylation sites is 1. The summed E-state index contributed by atoms with van der Waals surface area (Å²) < 4.78 is 1.40. The van der Waals surface area contributed by atoms with E-state index in [1.165, 1.54) is 4.57 Å². The van der Waals surface area contributed by atoms with E-state index in [1.54, 1.807) is 0 Å². The van der Waals surface area contributed by atoms with Crippen LogP contribution in [0.15, 0.2) is 47.4 Å². The molecule has 0 spiro atoms. The van der Waals surface area contributed by atoms with Gasteiger partial charge in [-0.05, 0) is 25.5 Å². The smallest absolute Gasteiger partial charge is 0.545 e. The van der Waals surface area contributed by atoms with Crippen molar-refractivity contribution < 1.29 is 39.5 Å². The van der Waals surface area contributed by atoms with E-state index < -0.39 is 17.1 Å². The standard InChI is InChI=1S/C16H15N3O3.Na/c1-10-7-8-13(18-11-5-3-2-4-6-11)14-17-9-12(16(21)22)15(20)19(10)14;/h2-6,8-10,18H,7H2,1H3,(H,21,22);/q;+1/p-1. The Labute approximate surface area is 155 Å². The maximum Gasteiger partial charge on any atom is 1.00 e. The Hall–Kier alpha value is -1.89. The maximum atomic E-state index is 12.3. The number of hydrogen-bond donors (Lipinski definition) is 1. The number of rotatable bonds is 3. The molecule has 0 radical (unpaired) electrons. The second-order valence-corrected chi connectivity index (χ2v) is 5.15. The molecule has 2 aromatic rings. The molecule has 1 N–H and O–H groups in total. The first-order valence-corrected chi connectivity index (χ1v) is 6.93. The molecule has 3 rings (SSSR count). The van der Waals surface area contributed by atoms with Crippen LogP contribution in [0.4, 0.5) is 5.69 Å². The topological polar surface area (TPSA) is 87.1 Å². The number of carboxylic acids is 1. The van der Waals surface area contributed by atoms with Gasteiger partial charge >= 0.3 is 29.6 Å². The summed E-state index contributed by atoms with van der Waals surface area (Å²) in [5.74, 6) is -1.08. The average molecular weight is 319 g/mol. The van der Waals surface area contributed by atoms with E-state index in [0.717, 1.165) is 11.9 Å². The van der Waals surface area contributed by atoms with Gasteiger partial charge in [-0.15, -0.1) is 0 Å². The van der Waals surface area contributed by atoms with Gasteiger partial charge in [-0.1, -0.05) is 24.3 Å². The van der Waals surface area contributed by atoms with Crippen molar-refractivity contribution in [3.05, 3.63) is 64.3 Å². The number of fused-ring (bicyclic) bond motifs is 1. The first-order valence-electron chi connectivity index (χ1n) is 6.93. The average Bonchev–Trinajstić information content (AvgIpc) is 2.51. The number of hydrogen-bond acceptors (Lipinski definition) is 5. The Morgan fingerprint density at radius 1 is 1.35 bits per heavy atom. The molecule has 2 heterocycles. The summed E-state index contributed by atoms with van der Waals surface area (Å²) in [7, 11) is 0. The summed E-state index contributed by atoms with van der Waals surface area (Å²) in [6.45, 7) is 1.85. The number of carbonyl (C=O) groups excluding carboxylic acids is 1. The van der Waals surface area contributed by atoms with Crippen LogP contribution in [0.25, 0.3) is 5.70 Å². The molecular weight excluding hydrogens is 305 g/mol. The van der Waals surface area contributed by atoms with Crippen molar-refractivity contribution in [3.63, 3.8) is 0 Å². The molecule has 0 saturated heterocycles. The van der Waals surface area contributed by atoms with Crippen LogP contribution in [0, 0.1) is 0 Å². The number of nitrogens with zero attached hydrogens (tertiary/aromatic N) is 2. The second-order valence-electron chi connectivity index (χ2n) is 5.15. The third-order valence-corrected chi connectivity index (χ3v) is 3.61. The van der Waals surface area contributed by atoms with E-state index in [4.69, 9.17) is 0 Å². The number of aromatic nitrogens is 2. The van der Waals surface area contributed by atoms with Gasteiger partial charge in [0.15, 0.2) is 5.82 Å². The Morgan fingerprint density at radius 3 is 2.70 bits per heavy atom. The van der Waals surface area contributed by atoms with Gasteiger partial charge in [0.1, 0.15) is 0 Å². The fourth-order valence-electron chi connectivity index (χ4n) is 2.49. The molecule has 0 fully saturated rings. The van der Waals surface area contributed by atoms with E-state index in [2.05, 4.69) is 10.3 Å². The summed E-state index contributed by atoms with van der Waals surface area (Å²) in [6.07, 6.45) is 3.63. The summed E-state index contributed by atoms with van der Waals surface area (Å²) in [5.41, 5.74) is 0.550. The van der Waals surface area contributed by atoms with Gasteiger partial charge in [0, 0.05) is 17.9 Å². The fraction of sp³-hybridized carbons (Fsp3) is 0.188. The van der Waals surface area contributed by atoms with Crippen LogP contribution in [0.1, 0.15) is 35.6 Å². The minimum absolute atomic E-state index is 0. The van der Waals surface area contributed by atoms with E-state index in [1.807, 2.05) is 43.3 Å². The van der Waals surface area contributed by atoms with Crippen LogP contribution in [-0.4, -0.2) is 15.5 Å². The van der Waals surface area contributed by atoms with E-state index >= 15 is 0 Å². The van der Waals surface area contributed by atoms with Crippen molar-refractivity contribution in [2.75, 3.05) is 5.32 Å². The number of carboxylic acid groups (broad SMARTS) is 1. The largest absolute Gasteiger partial charge is 1.00 e. The van der Waals surface area contributed by atoms with Crippen molar-refractivity contribution in [3.8, 4) is 0 Å². The Bertz CT molecular complexity index is 815. The second kappa shape index (κ2) is 7.12. The number of anilines is 1. The number of benzene rings is 1. The van der Waals surface area contributed by atoms with Gasteiger partial charge in [0.05, 0.1) is 17.2 Å². The van der Waals surface area contributed by atoms with Gasteiger partial charge in [0.25, 0.3) is 5.56 Å². The first kappa shape index (κ1) is 17.5.